The van der Waals surface area contributed by atoms with E-state index in [1.54, 1.807) is 33.8 Å². The molecule has 0 saturated heterocycles. The number of aromatic nitrogens is 6. The van der Waals surface area contributed by atoms with Crippen LogP contribution in [0.5, 0.6) is 0 Å². The van der Waals surface area contributed by atoms with Gasteiger partial charge in [0.2, 0.25) is 0 Å². The van der Waals surface area contributed by atoms with E-state index in [0.717, 1.165) is 22.3 Å². The number of nitrogens with zero attached hydrogens (tertiary/aromatic N) is 5. The average molecular weight is 354 g/mol. The lowest BCUT2D eigenvalue weighted by molar-refractivity contribution is 0.0960. The molecule has 2 aromatic carbocycles. The summed E-state index contributed by atoms with van der Waals surface area (Å²) in [6.07, 6.45) is 5.29. The van der Waals surface area contributed by atoms with Crippen LogP contribution in [0.25, 0.3) is 28.0 Å². The Kier molecular flexibility index (Phi) is 3.43. The number of carbonyl (C=O) groups excluding carboxylic acids is 1. The van der Waals surface area contributed by atoms with Gasteiger partial charge in [-0.2, -0.15) is 5.10 Å². The van der Waals surface area contributed by atoms with Crippen molar-refractivity contribution in [2.24, 2.45) is 0 Å². The first-order chi connectivity index (χ1) is 13.3. The fraction of sp³-hybridized carbons (Fsp3) is 0. The lowest BCUT2D eigenvalue weighted by Gasteiger charge is -2.04. The highest BCUT2D eigenvalue weighted by Crippen LogP contribution is 2.24. The number of benzene rings is 2. The third-order valence-electron chi connectivity index (χ3n) is 4.42. The Labute approximate surface area is 153 Å². The molecule has 0 atom stereocenters. The lowest BCUT2D eigenvalue weighted by atomic mass is 10.2. The van der Waals surface area contributed by atoms with E-state index in [9.17, 15) is 4.79 Å². The van der Waals surface area contributed by atoms with Crippen molar-refractivity contribution in [2.75, 3.05) is 0 Å². The highest BCUT2D eigenvalue weighted by atomic mass is 16.2. The first kappa shape index (κ1) is 15.3. The summed E-state index contributed by atoms with van der Waals surface area (Å²) in [4.78, 5) is 12.4. The number of rotatable bonds is 3. The third kappa shape index (κ3) is 2.62. The van der Waals surface area contributed by atoms with Crippen LogP contribution in [0.4, 0.5) is 0 Å². The topological polar surface area (TPSA) is 81.4 Å². The van der Waals surface area contributed by atoms with Crippen LogP contribution >= 0.6 is 0 Å². The number of H-pyrrole nitrogens is 1. The second kappa shape index (κ2) is 6.06. The van der Waals surface area contributed by atoms with Gasteiger partial charge in [-0.05, 0) is 42.5 Å². The van der Waals surface area contributed by atoms with E-state index >= 15 is 0 Å². The zero-order valence-corrected chi connectivity index (χ0v) is 14.1. The molecule has 0 aliphatic heterocycles. The number of nitrogens with one attached hydrogen (secondary N) is 1. The fourth-order valence-corrected chi connectivity index (χ4v) is 3.03. The summed E-state index contributed by atoms with van der Waals surface area (Å²) in [5, 5.41) is 16.8. The van der Waals surface area contributed by atoms with Gasteiger partial charge in [-0.3, -0.25) is 14.5 Å². The van der Waals surface area contributed by atoms with Gasteiger partial charge in [-0.25, -0.2) is 4.68 Å². The molecule has 0 bridgehead atoms. The minimum absolute atomic E-state index is 0.0752. The maximum absolute atomic E-state index is 12.4. The second-order valence-corrected chi connectivity index (χ2v) is 6.11. The van der Waals surface area contributed by atoms with Crippen LogP contribution in [0.3, 0.4) is 0 Å². The van der Waals surface area contributed by atoms with Gasteiger partial charge in [0.25, 0.3) is 5.91 Å². The van der Waals surface area contributed by atoms with Crippen LogP contribution in [0.15, 0.2) is 79.3 Å². The molecule has 3 aromatic heterocycles. The Hall–Kier alpha value is -4.00. The SMILES string of the molecule is O=C(c1ccc(-n2cc(-c3n[nH]c4ccccc34)nn2)cc1)n1cccc1. The Morgan fingerprint density at radius 3 is 2.52 bits per heavy atom. The van der Waals surface area contributed by atoms with Crippen molar-refractivity contribution >= 4 is 16.8 Å². The van der Waals surface area contributed by atoms with Crippen molar-refractivity contribution in [3.63, 3.8) is 0 Å². The highest BCUT2D eigenvalue weighted by Gasteiger charge is 2.13. The lowest BCUT2D eigenvalue weighted by Crippen LogP contribution is -2.09. The Balaban J connectivity index is 1.45. The predicted molar refractivity (Wildman–Crippen MR) is 101 cm³/mol. The quantitative estimate of drug-likeness (QED) is 0.539. The first-order valence-electron chi connectivity index (χ1n) is 8.43. The average Bonchev–Trinajstić information content (AvgIpc) is 3.47. The van der Waals surface area contributed by atoms with Crippen molar-refractivity contribution in [1.29, 1.82) is 0 Å². The van der Waals surface area contributed by atoms with Gasteiger partial charge in [0.15, 0.2) is 0 Å². The Bertz CT molecular complexity index is 1230. The standard InChI is InChI=1S/C20H14N6O/c27-20(25-11-3-4-12-25)14-7-9-15(10-8-14)26-13-18(22-24-26)19-16-5-1-2-6-17(16)21-23-19/h1-13H,(H,21,23). The number of hydrogen-bond acceptors (Lipinski definition) is 4. The molecule has 3 heterocycles. The van der Waals surface area contributed by atoms with E-state index in [0.29, 0.717) is 11.3 Å². The van der Waals surface area contributed by atoms with Gasteiger partial charge < -0.3 is 0 Å². The smallest absolute Gasteiger partial charge is 0.261 e. The molecule has 1 N–H and O–H groups in total. The van der Waals surface area contributed by atoms with Gasteiger partial charge in [-0.15, -0.1) is 5.10 Å². The second-order valence-electron chi connectivity index (χ2n) is 6.11. The molecule has 5 aromatic rings. The van der Waals surface area contributed by atoms with Crippen LogP contribution in [-0.4, -0.2) is 35.7 Å². The molecule has 130 valence electrons. The Morgan fingerprint density at radius 1 is 0.926 bits per heavy atom. The summed E-state index contributed by atoms with van der Waals surface area (Å²) in [6, 6.07) is 18.8. The molecule has 0 amide bonds. The third-order valence-corrected chi connectivity index (χ3v) is 4.42. The van der Waals surface area contributed by atoms with Crippen molar-refractivity contribution in [1.82, 2.24) is 29.8 Å². The van der Waals surface area contributed by atoms with E-state index < -0.39 is 0 Å². The minimum atomic E-state index is -0.0752. The molecule has 0 radical (unpaired) electrons. The Morgan fingerprint density at radius 2 is 1.70 bits per heavy atom. The number of para-hydroxylation sites is 1. The summed E-state index contributed by atoms with van der Waals surface area (Å²) in [6.45, 7) is 0. The van der Waals surface area contributed by atoms with Gasteiger partial charge in [-0.1, -0.05) is 23.4 Å². The van der Waals surface area contributed by atoms with Crippen LogP contribution in [0.1, 0.15) is 10.4 Å². The van der Waals surface area contributed by atoms with Crippen molar-refractivity contribution in [3.05, 3.63) is 84.8 Å². The fourth-order valence-electron chi connectivity index (χ4n) is 3.03. The van der Waals surface area contributed by atoms with Crippen LogP contribution in [0, 0.1) is 0 Å². The van der Waals surface area contributed by atoms with Crippen LogP contribution < -0.4 is 0 Å². The zero-order valence-electron chi connectivity index (χ0n) is 14.1. The molecular formula is C20H14N6O. The summed E-state index contributed by atoms with van der Waals surface area (Å²) in [7, 11) is 0. The number of carbonyl (C=O) groups is 1. The maximum atomic E-state index is 12.4. The molecule has 0 saturated carbocycles. The van der Waals surface area contributed by atoms with Crippen molar-refractivity contribution in [3.8, 4) is 17.1 Å². The predicted octanol–water partition coefficient (Wildman–Crippen LogP) is 3.30. The summed E-state index contributed by atoms with van der Waals surface area (Å²) >= 11 is 0. The molecule has 0 unspecified atom stereocenters. The summed E-state index contributed by atoms with van der Waals surface area (Å²) in [5.41, 5.74) is 3.82. The number of hydrogen-bond donors (Lipinski definition) is 1. The van der Waals surface area contributed by atoms with E-state index in [2.05, 4.69) is 20.5 Å². The molecule has 0 spiro atoms. The van der Waals surface area contributed by atoms with Gasteiger partial charge in [0, 0.05) is 23.3 Å². The van der Waals surface area contributed by atoms with E-state index in [1.165, 1.54) is 0 Å². The molecule has 5 rings (SSSR count). The zero-order chi connectivity index (χ0) is 18.2. The van der Waals surface area contributed by atoms with E-state index in [-0.39, 0.29) is 5.91 Å². The summed E-state index contributed by atoms with van der Waals surface area (Å²) < 4.78 is 3.22. The monoisotopic (exact) mass is 354 g/mol. The number of fused-ring (bicyclic) bond motifs is 1. The highest BCUT2D eigenvalue weighted by molar-refractivity contribution is 5.96. The van der Waals surface area contributed by atoms with Gasteiger partial charge in [0.05, 0.1) is 17.4 Å². The minimum Gasteiger partial charge on any atom is -0.291 e. The van der Waals surface area contributed by atoms with Crippen LogP contribution in [-0.2, 0) is 0 Å². The maximum Gasteiger partial charge on any atom is 0.261 e. The van der Waals surface area contributed by atoms with E-state index in [1.807, 2.05) is 54.7 Å². The van der Waals surface area contributed by atoms with Crippen LogP contribution in [0.2, 0.25) is 0 Å². The first-order valence-corrected chi connectivity index (χ1v) is 8.43. The molecule has 27 heavy (non-hydrogen) atoms. The van der Waals surface area contributed by atoms with Gasteiger partial charge >= 0.3 is 0 Å². The number of aromatic amines is 1. The largest absolute Gasteiger partial charge is 0.291 e. The van der Waals surface area contributed by atoms with E-state index in [4.69, 9.17) is 0 Å². The molecule has 7 nitrogen and oxygen atoms in total. The molecule has 0 fully saturated rings. The van der Waals surface area contributed by atoms with Gasteiger partial charge in [0.1, 0.15) is 11.4 Å². The van der Waals surface area contributed by atoms with Crippen molar-refractivity contribution in [2.45, 2.75) is 0 Å². The normalized spacial score (nSPS) is 11.1. The molecular weight excluding hydrogens is 340 g/mol. The molecule has 0 aliphatic rings. The van der Waals surface area contributed by atoms with Crippen molar-refractivity contribution < 1.29 is 4.79 Å². The molecule has 0 aliphatic carbocycles. The molecule has 7 heteroatoms. The summed E-state index contributed by atoms with van der Waals surface area (Å²) in [5.74, 6) is -0.0752.